The molecule has 0 unspecified atom stereocenters. The molecule has 21 heavy (non-hydrogen) atoms. The second-order valence-corrected chi connectivity index (χ2v) is 5.49. The Morgan fingerprint density at radius 1 is 1.05 bits per heavy atom. The Kier molecular flexibility index (Phi) is 5.23. The van der Waals surface area contributed by atoms with Gasteiger partial charge < -0.3 is 15.2 Å². The molecule has 0 aliphatic carbocycles. The normalized spacial score (nSPS) is 10.9. The van der Waals surface area contributed by atoms with Gasteiger partial charge in [0.15, 0.2) is 0 Å². The molecule has 0 bridgehead atoms. The summed E-state index contributed by atoms with van der Waals surface area (Å²) in [6, 6.07) is 14.0. The average Bonchev–Trinajstić information content (AvgIpc) is 2.49. The fraction of sp³-hybridized carbons (Fsp3) is 0.333. The molecule has 0 spiro atoms. The largest absolute Gasteiger partial charge is 0.507 e. The maximum atomic E-state index is 9.90. The molecule has 2 N–H and O–H groups in total. The lowest BCUT2D eigenvalue weighted by Crippen LogP contribution is -2.12. The number of ether oxygens (including phenoxy) is 1. The number of rotatable bonds is 6. The van der Waals surface area contributed by atoms with Crippen LogP contribution in [0.5, 0.6) is 11.5 Å². The van der Waals surface area contributed by atoms with Crippen molar-refractivity contribution in [2.75, 3.05) is 7.11 Å². The quantitative estimate of drug-likeness (QED) is 0.848. The van der Waals surface area contributed by atoms with Crippen molar-refractivity contribution < 1.29 is 9.84 Å². The molecule has 3 heteroatoms. The first kappa shape index (κ1) is 15.4. The molecule has 3 nitrogen and oxygen atoms in total. The minimum Gasteiger partial charge on any atom is -0.507 e. The Balaban J connectivity index is 1.89. The van der Waals surface area contributed by atoms with Gasteiger partial charge in [-0.1, -0.05) is 44.2 Å². The van der Waals surface area contributed by atoms with E-state index in [1.165, 1.54) is 11.1 Å². The summed E-state index contributed by atoms with van der Waals surface area (Å²) in [5, 5.41) is 13.2. The van der Waals surface area contributed by atoms with Crippen molar-refractivity contribution in [1.29, 1.82) is 0 Å². The molecule has 0 saturated carbocycles. The minimum atomic E-state index is 0.261. The first-order chi connectivity index (χ1) is 10.1. The van der Waals surface area contributed by atoms with E-state index in [0.29, 0.717) is 18.2 Å². The van der Waals surface area contributed by atoms with Crippen molar-refractivity contribution in [2.24, 2.45) is 0 Å². The summed E-state index contributed by atoms with van der Waals surface area (Å²) in [7, 11) is 1.59. The molecule has 0 aliphatic heterocycles. The molecule has 0 atom stereocenters. The van der Waals surface area contributed by atoms with Gasteiger partial charge in [0.2, 0.25) is 0 Å². The summed E-state index contributed by atoms with van der Waals surface area (Å²) < 4.78 is 5.07. The smallest absolute Gasteiger partial charge is 0.123 e. The third-order valence-corrected chi connectivity index (χ3v) is 3.58. The Bertz CT molecular complexity index is 576. The van der Waals surface area contributed by atoms with Crippen LogP contribution in [0.4, 0.5) is 0 Å². The third-order valence-electron chi connectivity index (χ3n) is 3.58. The highest BCUT2D eigenvalue weighted by Crippen LogP contribution is 2.23. The topological polar surface area (TPSA) is 41.5 Å². The second-order valence-electron chi connectivity index (χ2n) is 5.49. The highest BCUT2D eigenvalue weighted by atomic mass is 16.5. The van der Waals surface area contributed by atoms with Crippen LogP contribution in [0.1, 0.15) is 36.5 Å². The van der Waals surface area contributed by atoms with Crippen LogP contribution in [0.2, 0.25) is 0 Å². The van der Waals surface area contributed by atoms with Gasteiger partial charge in [-0.25, -0.2) is 0 Å². The van der Waals surface area contributed by atoms with Crippen molar-refractivity contribution in [2.45, 2.75) is 32.9 Å². The van der Waals surface area contributed by atoms with E-state index in [1.54, 1.807) is 13.2 Å². The standard InChI is InChI=1S/C18H23NO2/c1-13(2)15-6-4-14(5-7-15)11-19-12-16-8-9-17(21-3)10-18(16)20/h4-10,13,19-20H,11-12H2,1-3H3. The molecule has 2 aromatic carbocycles. The number of phenolic OH excluding ortho intramolecular Hbond substituents is 1. The molecule has 0 aliphatic rings. The van der Waals surface area contributed by atoms with E-state index in [-0.39, 0.29) is 5.75 Å². The Morgan fingerprint density at radius 2 is 1.76 bits per heavy atom. The Hall–Kier alpha value is -2.00. The number of hydrogen-bond acceptors (Lipinski definition) is 3. The first-order valence-electron chi connectivity index (χ1n) is 7.25. The van der Waals surface area contributed by atoms with Crippen molar-refractivity contribution in [3.05, 3.63) is 59.2 Å². The zero-order chi connectivity index (χ0) is 15.2. The molecule has 0 fully saturated rings. The van der Waals surface area contributed by atoms with Gasteiger partial charge in [-0.3, -0.25) is 0 Å². The van der Waals surface area contributed by atoms with E-state index in [0.717, 1.165) is 12.1 Å². The zero-order valence-electron chi connectivity index (χ0n) is 12.9. The monoisotopic (exact) mass is 285 g/mol. The first-order valence-corrected chi connectivity index (χ1v) is 7.25. The van der Waals surface area contributed by atoms with E-state index in [4.69, 9.17) is 4.74 Å². The summed E-state index contributed by atoms with van der Waals surface area (Å²) >= 11 is 0. The van der Waals surface area contributed by atoms with Crippen LogP contribution in [-0.2, 0) is 13.1 Å². The predicted molar refractivity (Wildman–Crippen MR) is 85.7 cm³/mol. The number of benzene rings is 2. The lowest BCUT2D eigenvalue weighted by Gasteiger charge is -2.10. The lowest BCUT2D eigenvalue weighted by molar-refractivity contribution is 0.406. The molecular weight excluding hydrogens is 262 g/mol. The molecule has 2 rings (SSSR count). The maximum absolute atomic E-state index is 9.90. The minimum absolute atomic E-state index is 0.261. The molecule has 112 valence electrons. The summed E-state index contributed by atoms with van der Waals surface area (Å²) in [6.07, 6.45) is 0. The van der Waals surface area contributed by atoms with Gasteiger partial charge in [0.25, 0.3) is 0 Å². The van der Waals surface area contributed by atoms with Crippen LogP contribution in [0.25, 0.3) is 0 Å². The van der Waals surface area contributed by atoms with Crippen LogP contribution in [0, 0.1) is 0 Å². The average molecular weight is 285 g/mol. The molecule has 2 aromatic rings. The van der Waals surface area contributed by atoms with Crippen LogP contribution < -0.4 is 10.1 Å². The predicted octanol–water partition coefficient (Wildman–Crippen LogP) is 3.81. The number of nitrogens with one attached hydrogen (secondary N) is 1. The van der Waals surface area contributed by atoms with E-state index >= 15 is 0 Å². The molecule has 0 radical (unpaired) electrons. The van der Waals surface area contributed by atoms with E-state index < -0.39 is 0 Å². The van der Waals surface area contributed by atoms with Crippen molar-refractivity contribution in [1.82, 2.24) is 5.32 Å². The Labute approximate surface area is 126 Å². The third kappa shape index (κ3) is 4.23. The molecular formula is C18H23NO2. The summed E-state index contributed by atoms with van der Waals surface area (Å²) in [4.78, 5) is 0. The second kappa shape index (κ2) is 7.14. The van der Waals surface area contributed by atoms with Gasteiger partial charge in [-0.2, -0.15) is 0 Å². The van der Waals surface area contributed by atoms with Crippen LogP contribution >= 0.6 is 0 Å². The molecule has 0 saturated heterocycles. The van der Waals surface area contributed by atoms with E-state index in [2.05, 4.69) is 43.4 Å². The summed E-state index contributed by atoms with van der Waals surface area (Å²) in [6.45, 7) is 5.80. The Morgan fingerprint density at radius 3 is 2.33 bits per heavy atom. The highest BCUT2D eigenvalue weighted by Gasteiger charge is 2.03. The van der Waals surface area contributed by atoms with Gasteiger partial charge in [-0.05, 0) is 23.1 Å². The fourth-order valence-electron chi connectivity index (χ4n) is 2.18. The van der Waals surface area contributed by atoms with E-state index in [9.17, 15) is 5.11 Å². The van der Waals surface area contributed by atoms with Gasteiger partial charge in [-0.15, -0.1) is 0 Å². The summed E-state index contributed by atoms with van der Waals surface area (Å²) in [5.74, 6) is 1.49. The van der Waals surface area contributed by atoms with Gasteiger partial charge in [0.1, 0.15) is 11.5 Å². The molecule has 0 amide bonds. The van der Waals surface area contributed by atoms with Crippen LogP contribution in [0.15, 0.2) is 42.5 Å². The van der Waals surface area contributed by atoms with Gasteiger partial charge in [0, 0.05) is 24.7 Å². The number of aromatic hydroxyl groups is 1. The lowest BCUT2D eigenvalue weighted by atomic mass is 10.0. The maximum Gasteiger partial charge on any atom is 0.123 e. The summed E-state index contributed by atoms with van der Waals surface area (Å²) in [5.41, 5.74) is 3.47. The number of phenols is 1. The van der Waals surface area contributed by atoms with Crippen molar-refractivity contribution in [3.63, 3.8) is 0 Å². The highest BCUT2D eigenvalue weighted by molar-refractivity contribution is 5.39. The van der Waals surface area contributed by atoms with Crippen LogP contribution in [-0.4, -0.2) is 12.2 Å². The van der Waals surface area contributed by atoms with E-state index in [1.807, 2.05) is 12.1 Å². The number of methoxy groups -OCH3 is 1. The zero-order valence-corrected chi connectivity index (χ0v) is 12.9. The van der Waals surface area contributed by atoms with Crippen LogP contribution in [0.3, 0.4) is 0 Å². The van der Waals surface area contributed by atoms with Gasteiger partial charge >= 0.3 is 0 Å². The molecule has 0 aromatic heterocycles. The SMILES string of the molecule is COc1ccc(CNCc2ccc(C(C)C)cc2)c(O)c1. The van der Waals surface area contributed by atoms with Crippen molar-refractivity contribution >= 4 is 0 Å². The number of hydrogen-bond donors (Lipinski definition) is 2. The molecule has 0 heterocycles. The van der Waals surface area contributed by atoms with Crippen molar-refractivity contribution in [3.8, 4) is 11.5 Å². The van der Waals surface area contributed by atoms with Gasteiger partial charge in [0.05, 0.1) is 7.11 Å². The fourth-order valence-corrected chi connectivity index (χ4v) is 2.18.